The minimum absolute atomic E-state index is 0.0436. The molecule has 1 aromatic carbocycles. The normalized spacial score (nSPS) is 21.0. The number of rotatable bonds is 5. The summed E-state index contributed by atoms with van der Waals surface area (Å²) in [6, 6.07) is 8.28. The van der Waals surface area contributed by atoms with Gasteiger partial charge in [-0.15, -0.1) is 0 Å². The highest BCUT2D eigenvalue weighted by atomic mass is 16.2. The van der Waals surface area contributed by atoms with Crippen molar-refractivity contribution in [3.8, 4) is 0 Å². The van der Waals surface area contributed by atoms with Crippen molar-refractivity contribution in [1.82, 2.24) is 10.6 Å². The molecule has 2 N–H and O–H groups in total. The molecule has 1 saturated carbocycles. The van der Waals surface area contributed by atoms with E-state index >= 15 is 0 Å². The van der Waals surface area contributed by atoms with Gasteiger partial charge in [0.2, 0.25) is 11.8 Å². The number of carbonyl (C=O) groups excluding carboxylic acids is 2. The molecule has 0 aromatic heterocycles. The molecule has 0 saturated heterocycles. The lowest BCUT2D eigenvalue weighted by Crippen LogP contribution is -2.39. The van der Waals surface area contributed by atoms with Gasteiger partial charge in [0.15, 0.2) is 0 Å². The summed E-state index contributed by atoms with van der Waals surface area (Å²) < 4.78 is 0. The number of carbonyl (C=O) groups is 2. The van der Waals surface area contributed by atoms with Crippen molar-refractivity contribution in [1.29, 1.82) is 0 Å². The van der Waals surface area contributed by atoms with Gasteiger partial charge in [0.25, 0.3) is 0 Å². The second kappa shape index (κ2) is 8.14. The van der Waals surface area contributed by atoms with Gasteiger partial charge in [0.05, 0.1) is 0 Å². The second-order valence-corrected chi connectivity index (χ2v) is 6.86. The van der Waals surface area contributed by atoms with Crippen molar-refractivity contribution in [2.24, 2.45) is 11.8 Å². The van der Waals surface area contributed by atoms with Crippen LogP contribution in [0.1, 0.15) is 50.7 Å². The van der Waals surface area contributed by atoms with Crippen LogP contribution in [0.5, 0.6) is 0 Å². The minimum Gasteiger partial charge on any atom is -0.354 e. The predicted molar refractivity (Wildman–Crippen MR) is 91.8 cm³/mol. The van der Waals surface area contributed by atoms with Crippen LogP contribution in [-0.2, 0) is 16.1 Å². The second-order valence-electron chi connectivity index (χ2n) is 6.86. The summed E-state index contributed by atoms with van der Waals surface area (Å²) >= 11 is 0. The average Bonchev–Trinajstić information content (AvgIpc) is 2.53. The van der Waals surface area contributed by atoms with Crippen LogP contribution < -0.4 is 10.6 Å². The smallest absolute Gasteiger partial charge is 0.223 e. The van der Waals surface area contributed by atoms with Gasteiger partial charge < -0.3 is 10.6 Å². The van der Waals surface area contributed by atoms with Gasteiger partial charge in [-0.1, -0.05) is 24.3 Å². The third-order valence-electron chi connectivity index (χ3n) is 4.61. The highest BCUT2D eigenvalue weighted by Crippen LogP contribution is 2.29. The highest BCUT2D eigenvalue weighted by molar-refractivity contribution is 5.81. The Hall–Kier alpha value is -1.84. The average molecular weight is 316 g/mol. The maximum Gasteiger partial charge on any atom is 0.223 e. The molecule has 4 nitrogen and oxygen atoms in total. The number of hydrogen-bond acceptors (Lipinski definition) is 2. The fourth-order valence-corrected chi connectivity index (χ4v) is 3.16. The van der Waals surface area contributed by atoms with Crippen molar-refractivity contribution in [2.75, 3.05) is 0 Å². The van der Waals surface area contributed by atoms with Crippen molar-refractivity contribution in [3.63, 3.8) is 0 Å². The number of hydrogen-bond donors (Lipinski definition) is 2. The molecule has 0 radical (unpaired) electrons. The lowest BCUT2D eigenvalue weighted by Gasteiger charge is -2.27. The van der Waals surface area contributed by atoms with Crippen LogP contribution in [-0.4, -0.2) is 17.9 Å². The van der Waals surface area contributed by atoms with Gasteiger partial charge in [-0.3, -0.25) is 9.59 Å². The largest absolute Gasteiger partial charge is 0.354 e. The predicted octanol–water partition coefficient (Wildman–Crippen LogP) is 2.94. The maximum atomic E-state index is 12.3. The molecule has 1 aromatic rings. The zero-order valence-electron chi connectivity index (χ0n) is 14.4. The zero-order chi connectivity index (χ0) is 16.8. The van der Waals surface area contributed by atoms with Gasteiger partial charge >= 0.3 is 0 Å². The summed E-state index contributed by atoms with van der Waals surface area (Å²) in [5.41, 5.74) is 2.35. The van der Waals surface area contributed by atoms with Crippen LogP contribution in [0.15, 0.2) is 24.3 Å². The van der Waals surface area contributed by atoms with Gasteiger partial charge in [-0.25, -0.2) is 0 Å². The molecular formula is C19H28N2O2. The van der Waals surface area contributed by atoms with Crippen LogP contribution in [0.3, 0.4) is 0 Å². The first kappa shape index (κ1) is 17.5. The number of amides is 2. The van der Waals surface area contributed by atoms with Gasteiger partial charge in [-0.2, -0.15) is 0 Å². The van der Waals surface area contributed by atoms with E-state index in [2.05, 4.69) is 23.6 Å². The highest BCUT2D eigenvalue weighted by Gasteiger charge is 2.29. The van der Waals surface area contributed by atoms with Crippen molar-refractivity contribution >= 4 is 11.8 Å². The first-order chi connectivity index (χ1) is 11.0. The summed E-state index contributed by atoms with van der Waals surface area (Å²) in [5, 5.41) is 6.02. The first-order valence-corrected chi connectivity index (χ1v) is 8.60. The minimum atomic E-state index is 0.0436. The third kappa shape index (κ3) is 5.08. The van der Waals surface area contributed by atoms with Crippen LogP contribution in [0, 0.1) is 18.8 Å². The molecule has 1 fully saturated rings. The van der Waals surface area contributed by atoms with E-state index in [1.165, 1.54) is 5.56 Å². The van der Waals surface area contributed by atoms with Crippen molar-refractivity contribution in [3.05, 3.63) is 35.4 Å². The fraction of sp³-hybridized carbons (Fsp3) is 0.579. The summed E-state index contributed by atoms with van der Waals surface area (Å²) in [6.07, 6.45) is 3.22. The van der Waals surface area contributed by atoms with E-state index in [9.17, 15) is 9.59 Å². The SMILES string of the molecule is Cc1ccccc1CNC(=O)C1CCC(C(=O)NC(C)C)CC1. The van der Waals surface area contributed by atoms with Gasteiger partial charge in [0.1, 0.15) is 0 Å². The van der Waals surface area contributed by atoms with Crippen LogP contribution in [0.25, 0.3) is 0 Å². The van der Waals surface area contributed by atoms with E-state index in [4.69, 9.17) is 0 Å². The third-order valence-corrected chi connectivity index (χ3v) is 4.61. The molecule has 23 heavy (non-hydrogen) atoms. The van der Waals surface area contributed by atoms with Gasteiger partial charge in [-0.05, 0) is 57.6 Å². The zero-order valence-corrected chi connectivity index (χ0v) is 14.4. The monoisotopic (exact) mass is 316 g/mol. The fourth-order valence-electron chi connectivity index (χ4n) is 3.16. The Balaban J connectivity index is 1.77. The van der Waals surface area contributed by atoms with Crippen LogP contribution >= 0.6 is 0 Å². The molecule has 0 bridgehead atoms. The molecule has 1 aliphatic rings. The molecule has 0 aliphatic heterocycles. The van der Waals surface area contributed by atoms with E-state index in [0.29, 0.717) is 6.54 Å². The summed E-state index contributed by atoms with van der Waals surface area (Å²) in [6.45, 7) is 6.59. The topological polar surface area (TPSA) is 58.2 Å². The molecule has 4 heteroatoms. The van der Waals surface area contributed by atoms with Crippen LogP contribution in [0.2, 0.25) is 0 Å². The molecule has 2 rings (SSSR count). The molecule has 0 unspecified atom stereocenters. The first-order valence-electron chi connectivity index (χ1n) is 8.60. The lowest BCUT2D eigenvalue weighted by molar-refractivity contribution is -0.130. The Morgan fingerprint density at radius 3 is 2.17 bits per heavy atom. The van der Waals surface area contributed by atoms with Crippen LogP contribution in [0.4, 0.5) is 0 Å². The molecule has 0 atom stereocenters. The Morgan fingerprint density at radius 1 is 1.04 bits per heavy atom. The molecule has 0 heterocycles. The summed E-state index contributed by atoms with van der Waals surface area (Å²) in [7, 11) is 0. The van der Waals surface area contributed by atoms with E-state index in [1.807, 2.05) is 32.0 Å². The number of aryl methyl sites for hydroxylation is 1. The number of nitrogens with one attached hydrogen (secondary N) is 2. The quantitative estimate of drug-likeness (QED) is 0.877. The molecule has 1 aliphatic carbocycles. The van der Waals surface area contributed by atoms with E-state index in [1.54, 1.807) is 0 Å². The number of benzene rings is 1. The van der Waals surface area contributed by atoms with E-state index in [-0.39, 0.29) is 29.7 Å². The Morgan fingerprint density at radius 2 is 1.61 bits per heavy atom. The molecule has 0 spiro atoms. The summed E-state index contributed by atoms with van der Waals surface area (Å²) in [4.78, 5) is 24.3. The Labute approximate surface area is 139 Å². The van der Waals surface area contributed by atoms with Crippen molar-refractivity contribution < 1.29 is 9.59 Å². The maximum absolute atomic E-state index is 12.3. The molecular weight excluding hydrogens is 288 g/mol. The van der Waals surface area contributed by atoms with Gasteiger partial charge in [0, 0.05) is 24.4 Å². The lowest BCUT2D eigenvalue weighted by atomic mass is 9.81. The standard InChI is InChI=1S/C19H28N2O2/c1-13(2)21-19(23)16-10-8-15(9-11-16)18(22)20-12-17-7-5-4-6-14(17)3/h4-7,13,15-16H,8-12H2,1-3H3,(H,20,22)(H,21,23). The van der Waals surface area contributed by atoms with E-state index in [0.717, 1.165) is 31.2 Å². The Kier molecular flexibility index (Phi) is 6.20. The van der Waals surface area contributed by atoms with E-state index < -0.39 is 0 Å². The van der Waals surface area contributed by atoms with Crippen molar-refractivity contribution in [2.45, 2.75) is 59.0 Å². The summed E-state index contributed by atoms with van der Waals surface area (Å²) in [5.74, 6) is 0.370. The molecule has 126 valence electrons. The molecule has 2 amide bonds. The Bertz CT molecular complexity index is 546.